The summed E-state index contributed by atoms with van der Waals surface area (Å²) >= 11 is 5.92. The first kappa shape index (κ1) is 20.2. The van der Waals surface area contributed by atoms with Crippen LogP contribution in [0.2, 0.25) is 5.02 Å². The van der Waals surface area contributed by atoms with Crippen molar-refractivity contribution in [2.24, 2.45) is 0 Å². The van der Waals surface area contributed by atoms with E-state index in [0.29, 0.717) is 26.2 Å². The number of phenols is 1. The Morgan fingerprint density at radius 2 is 1.82 bits per heavy atom. The third-order valence-electron chi connectivity index (χ3n) is 4.73. The Hall–Kier alpha value is -2.57. The molecule has 0 aromatic heterocycles. The van der Waals surface area contributed by atoms with Gasteiger partial charge in [-0.05, 0) is 36.2 Å². The molecule has 0 saturated carbocycles. The van der Waals surface area contributed by atoms with E-state index < -0.39 is 0 Å². The van der Waals surface area contributed by atoms with Gasteiger partial charge in [-0.25, -0.2) is 0 Å². The van der Waals surface area contributed by atoms with E-state index in [1.54, 1.807) is 12.1 Å². The van der Waals surface area contributed by atoms with Gasteiger partial charge in [-0.3, -0.25) is 14.5 Å². The Morgan fingerprint density at radius 3 is 2.57 bits per heavy atom. The van der Waals surface area contributed by atoms with Crippen LogP contribution in [0, 0.1) is 0 Å². The van der Waals surface area contributed by atoms with Crippen LogP contribution in [-0.2, 0) is 16.0 Å². The standard InChI is InChI=1S/C21H24ClN3O3/c22-18-13-16(7-8-19(18)26)14-21(28)25-10-4-9-24(11-12-25)15-20(27)23-17-5-2-1-3-6-17/h1-3,5-8,13,26H,4,9-12,14-15H2,(H,23,27). The van der Waals surface area contributed by atoms with Crippen molar-refractivity contribution in [3.63, 3.8) is 0 Å². The Balaban J connectivity index is 1.49. The zero-order valence-electron chi connectivity index (χ0n) is 15.6. The summed E-state index contributed by atoms with van der Waals surface area (Å²) in [7, 11) is 0. The van der Waals surface area contributed by atoms with Gasteiger partial charge in [0.25, 0.3) is 0 Å². The summed E-state index contributed by atoms with van der Waals surface area (Å²) in [6.07, 6.45) is 1.06. The molecule has 148 valence electrons. The Morgan fingerprint density at radius 1 is 1.04 bits per heavy atom. The Labute approximate surface area is 169 Å². The molecule has 2 amide bonds. The molecule has 0 bridgehead atoms. The minimum atomic E-state index is -0.0512. The SMILES string of the molecule is O=C(CN1CCCN(C(=O)Cc2ccc(O)c(Cl)c2)CC1)Nc1ccccc1. The lowest BCUT2D eigenvalue weighted by molar-refractivity contribution is -0.130. The number of halogens is 1. The number of phenolic OH excluding ortho intramolecular Hbond substituents is 1. The molecule has 3 rings (SSSR count). The van der Waals surface area contributed by atoms with Crippen molar-refractivity contribution in [3.05, 3.63) is 59.1 Å². The molecule has 0 aliphatic carbocycles. The van der Waals surface area contributed by atoms with Gasteiger partial charge < -0.3 is 15.3 Å². The summed E-state index contributed by atoms with van der Waals surface area (Å²) < 4.78 is 0. The molecule has 1 fully saturated rings. The first-order valence-electron chi connectivity index (χ1n) is 9.33. The lowest BCUT2D eigenvalue weighted by atomic mass is 10.1. The normalized spacial score (nSPS) is 15.1. The fraction of sp³-hybridized carbons (Fsp3) is 0.333. The minimum Gasteiger partial charge on any atom is -0.506 e. The number of hydrogen-bond donors (Lipinski definition) is 2. The fourth-order valence-electron chi connectivity index (χ4n) is 3.25. The van der Waals surface area contributed by atoms with Crippen LogP contribution in [0.5, 0.6) is 5.75 Å². The molecule has 2 aromatic carbocycles. The predicted octanol–water partition coefficient (Wildman–Crippen LogP) is 2.76. The third-order valence-corrected chi connectivity index (χ3v) is 5.04. The van der Waals surface area contributed by atoms with Crippen LogP contribution in [-0.4, -0.2) is 59.4 Å². The Kier molecular flexibility index (Phi) is 6.90. The number of benzene rings is 2. The molecule has 1 heterocycles. The van der Waals surface area contributed by atoms with Crippen LogP contribution in [0.25, 0.3) is 0 Å². The molecule has 28 heavy (non-hydrogen) atoms. The number of rotatable bonds is 5. The van der Waals surface area contributed by atoms with Crippen molar-refractivity contribution < 1.29 is 14.7 Å². The van der Waals surface area contributed by atoms with Crippen LogP contribution >= 0.6 is 11.6 Å². The molecule has 1 aliphatic rings. The van der Waals surface area contributed by atoms with Crippen molar-refractivity contribution in [1.82, 2.24) is 9.80 Å². The lowest BCUT2D eigenvalue weighted by Gasteiger charge is -2.22. The molecule has 0 atom stereocenters. The van der Waals surface area contributed by atoms with Gasteiger partial charge in [0.2, 0.25) is 11.8 Å². The maximum atomic E-state index is 12.6. The van der Waals surface area contributed by atoms with E-state index in [1.165, 1.54) is 6.07 Å². The van der Waals surface area contributed by atoms with E-state index >= 15 is 0 Å². The number of nitrogens with one attached hydrogen (secondary N) is 1. The molecule has 1 aliphatic heterocycles. The van der Waals surface area contributed by atoms with E-state index in [-0.39, 0.29) is 29.0 Å². The Bertz CT molecular complexity index is 829. The van der Waals surface area contributed by atoms with Gasteiger partial charge in [-0.15, -0.1) is 0 Å². The van der Waals surface area contributed by atoms with Crippen molar-refractivity contribution in [2.45, 2.75) is 12.8 Å². The molecule has 6 nitrogen and oxygen atoms in total. The summed E-state index contributed by atoms with van der Waals surface area (Å²) in [4.78, 5) is 28.8. The largest absolute Gasteiger partial charge is 0.506 e. The number of aromatic hydroxyl groups is 1. The highest BCUT2D eigenvalue weighted by Gasteiger charge is 2.21. The zero-order valence-corrected chi connectivity index (χ0v) is 16.4. The summed E-state index contributed by atoms with van der Waals surface area (Å²) in [5.41, 5.74) is 1.56. The summed E-state index contributed by atoms with van der Waals surface area (Å²) in [6, 6.07) is 14.2. The maximum absolute atomic E-state index is 12.6. The third kappa shape index (κ3) is 5.71. The molecule has 0 spiro atoms. The number of anilines is 1. The first-order chi connectivity index (χ1) is 13.5. The second-order valence-corrected chi connectivity index (χ2v) is 7.29. The van der Waals surface area contributed by atoms with Gasteiger partial charge in [0.1, 0.15) is 5.75 Å². The molecule has 0 radical (unpaired) electrons. The number of hydrogen-bond acceptors (Lipinski definition) is 4. The molecule has 0 unspecified atom stereocenters. The van der Waals surface area contributed by atoms with E-state index in [0.717, 1.165) is 24.2 Å². The maximum Gasteiger partial charge on any atom is 0.238 e. The van der Waals surface area contributed by atoms with E-state index in [4.69, 9.17) is 11.6 Å². The minimum absolute atomic E-state index is 0.0112. The van der Waals surface area contributed by atoms with Gasteiger partial charge in [0.05, 0.1) is 18.0 Å². The smallest absolute Gasteiger partial charge is 0.238 e. The molecule has 2 aromatic rings. The van der Waals surface area contributed by atoms with Crippen molar-refractivity contribution >= 4 is 29.1 Å². The van der Waals surface area contributed by atoms with E-state index in [1.807, 2.05) is 35.2 Å². The molecule has 7 heteroatoms. The van der Waals surface area contributed by atoms with E-state index in [2.05, 4.69) is 10.2 Å². The lowest BCUT2D eigenvalue weighted by Crippen LogP contribution is -2.38. The second-order valence-electron chi connectivity index (χ2n) is 6.89. The zero-order chi connectivity index (χ0) is 19.9. The predicted molar refractivity (Wildman–Crippen MR) is 110 cm³/mol. The van der Waals surface area contributed by atoms with Gasteiger partial charge in [0, 0.05) is 31.9 Å². The molecular weight excluding hydrogens is 378 g/mol. The summed E-state index contributed by atoms with van der Waals surface area (Å²) in [6.45, 7) is 3.00. The summed E-state index contributed by atoms with van der Waals surface area (Å²) in [5, 5.41) is 12.6. The number of nitrogens with zero attached hydrogens (tertiary/aromatic N) is 2. The average molecular weight is 402 g/mol. The average Bonchev–Trinajstić information content (AvgIpc) is 2.91. The van der Waals surface area contributed by atoms with Gasteiger partial charge >= 0.3 is 0 Å². The highest BCUT2D eigenvalue weighted by atomic mass is 35.5. The van der Waals surface area contributed by atoms with Crippen molar-refractivity contribution in [3.8, 4) is 5.75 Å². The number of amides is 2. The van der Waals surface area contributed by atoms with Crippen LogP contribution in [0.3, 0.4) is 0 Å². The second kappa shape index (κ2) is 9.57. The summed E-state index contributed by atoms with van der Waals surface area (Å²) in [5.74, 6) is -0.0147. The van der Waals surface area contributed by atoms with Crippen LogP contribution in [0.4, 0.5) is 5.69 Å². The van der Waals surface area contributed by atoms with Gasteiger partial charge in [0.15, 0.2) is 0 Å². The van der Waals surface area contributed by atoms with Gasteiger partial charge in [-0.2, -0.15) is 0 Å². The number of carbonyl (C=O) groups is 2. The van der Waals surface area contributed by atoms with Crippen LogP contribution < -0.4 is 5.32 Å². The topological polar surface area (TPSA) is 72.9 Å². The fourth-order valence-corrected chi connectivity index (χ4v) is 3.45. The van der Waals surface area contributed by atoms with Gasteiger partial charge in [-0.1, -0.05) is 35.9 Å². The monoisotopic (exact) mass is 401 g/mol. The first-order valence-corrected chi connectivity index (χ1v) is 9.71. The highest BCUT2D eigenvalue weighted by Crippen LogP contribution is 2.24. The molecular formula is C21H24ClN3O3. The van der Waals surface area contributed by atoms with Crippen molar-refractivity contribution in [1.29, 1.82) is 0 Å². The highest BCUT2D eigenvalue weighted by molar-refractivity contribution is 6.32. The number of para-hydroxylation sites is 1. The molecule has 2 N–H and O–H groups in total. The van der Waals surface area contributed by atoms with E-state index in [9.17, 15) is 14.7 Å². The quantitative estimate of drug-likeness (QED) is 0.808. The van der Waals surface area contributed by atoms with Crippen LogP contribution in [0.15, 0.2) is 48.5 Å². The van der Waals surface area contributed by atoms with Crippen molar-refractivity contribution in [2.75, 3.05) is 38.0 Å². The van der Waals surface area contributed by atoms with Crippen LogP contribution in [0.1, 0.15) is 12.0 Å². The molecule has 1 saturated heterocycles. The number of carbonyl (C=O) groups excluding carboxylic acids is 2.